The second-order valence-electron chi connectivity index (χ2n) is 6.71. The number of sulfone groups is 1. The molecule has 2 heterocycles. The largest absolute Gasteiger partial charge is 0.367 e. The van der Waals surface area contributed by atoms with Crippen LogP contribution in [0.3, 0.4) is 0 Å². The Labute approximate surface area is 144 Å². The highest BCUT2D eigenvalue weighted by molar-refractivity contribution is 7.91. The number of anilines is 1. The summed E-state index contributed by atoms with van der Waals surface area (Å²) in [6.45, 7) is 7.53. The van der Waals surface area contributed by atoms with Gasteiger partial charge in [-0.05, 0) is 31.7 Å². The molecule has 134 valence electrons. The zero-order valence-electron chi connectivity index (χ0n) is 14.7. The molecule has 0 bridgehead atoms. The minimum Gasteiger partial charge on any atom is -0.367 e. The molecule has 7 heteroatoms. The summed E-state index contributed by atoms with van der Waals surface area (Å²) in [7, 11) is -2.95. The summed E-state index contributed by atoms with van der Waals surface area (Å²) >= 11 is 0. The minimum atomic E-state index is -2.95. The van der Waals surface area contributed by atoms with Crippen LogP contribution in [-0.4, -0.2) is 49.9 Å². The lowest BCUT2D eigenvalue weighted by molar-refractivity contribution is 0.0951. The van der Waals surface area contributed by atoms with Crippen LogP contribution >= 0.6 is 0 Å². The number of amides is 1. The molecule has 1 aliphatic rings. The van der Waals surface area contributed by atoms with Crippen molar-refractivity contribution < 1.29 is 13.2 Å². The second kappa shape index (κ2) is 7.96. The van der Waals surface area contributed by atoms with Crippen molar-refractivity contribution in [2.45, 2.75) is 39.7 Å². The highest BCUT2D eigenvalue weighted by Gasteiger charge is 2.32. The fourth-order valence-corrected chi connectivity index (χ4v) is 4.69. The van der Waals surface area contributed by atoms with E-state index in [1.807, 2.05) is 11.8 Å². The van der Waals surface area contributed by atoms with Crippen LogP contribution in [0.4, 0.5) is 5.69 Å². The molecule has 0 aliphatic carbocycles. The van der Waals surface area contributed by atoms with Gasteiger partial charge in [0.05, 0.1) is 29.0 Å². The number of nitrogens with one attached hydrogen (secondary N) is 1. The SMILES string of the molecule is CCN(c1cncc(C(=O)NCCC(C)C)c1)C1CCS(=O)(=O)C1. The van der Waals surface area contributed by atoms with Gasteiger partial charge >= 0.3 is 0 Å². The molecule has 1 N–H and O–H groups in total. The summed E-state index contributed by atoms with van der Waals surface area (Å²) in [4.78, 5) is 18.5. The van der Waals surface area contributed by atoms with E-state index in [0.29, 0.717) is 31.0 Å². The second-order valence-corrected chi connectivity index (χ2v) is 8.94. The number of carbonyl (C=O) groups is 1. The average Bonchev–Trinajstić information content (AvgIpc) is 2.88. The van der Waals surface area contributed by atoms with Crippen LogP contribution in [0.1, 0.15) is 44.0 Å². The van der Waals surface area contributed by atoms with E-state index in [9.17, 15) is 13.2 Å². The number of hydrogen-bond donors (Lipinski definition) is 1. The topological polar surface area (TPSA) is 79.4 Å². The molecule has 2 rings (SSSR count). The molecule has 1 atom stereocenters. The first-order chi connectivity index (χ1) is 11.3. The van der Waals surface area contributed by atoms with Crippen molar-refractivity contribution in [3.63, 3.8) is 0 Å². The van der Waals surface area contributed by atoms with E-state index >= 15 is 0 Å². The van der Waals surface area contributed by atoms with Crippen molar-refractivity contribution in [1.29, 1.82) is 0 Å². The summed E-state index contributed by atoms with van der Waals surface area (Å²) < 4.78 is 23.5. The summed E-state index contributed by atoms with van der Waals surface area (Å²) in [6.07, 6.45) is 4.80. The first-order valence-corrected chi connectivity index (χ1v) is 10.3. The van der Waals surface area contributed by atoms with Gasteiger partial charge in [-0.15, -0.1) is 0 Å². The third kappa shape index (κ3) is 4.93. The highest BCUT2D eigenvalue weighted by atomic mass is 32.2. The van der Waals surface area contributed by atoms with E-state index in [-0.39, 0.29) is 23.5 Å². The highest BCUT2D eigenvalue weighted by Crippen LogP contribution is 2.24. The fraction of sp³-hybridized carbons (Fsp3) is 0.647. The van der Waals surface area contributed by atoms with Crippen molar-refractivity contribution in [1.82, 2.24) is 10.3 Å². The van der Waals surface area contributed by atoms with Crippen LogP contribution in [0.2, 0.25) is 0 Å². The molecule has 0 spiro atoms. The number of rotatable bonds is 7. The zero-order chi connectivity index (χ0) is 17.7. The molecule has 0 saturated carbocycles. The van der Waals surface area contributed by atoms with Gasteiger partial charge in [0.25, 0.3) is 5.91 Å². The Kier molecular flexibility index (Phi) is 6.21. The molecule has 1 aromatic heterocycles. The maximum absolute atomic E-state index is 12.2. The summed E-state index contributed by atoms with van der Waals surface area (Å²) in [5.41, 5.74) is 1.31. The third-order valence-electron chi connectivity index (χ3n) is 4.31. The van der Waals surface area contributed by atoms with Gasteiger partial charge in [-0.3, -0.25) is 9.78 Å². The Balaban J connectivity index is 2.09. The summed E-state index contributed by atoms with van der Waals surface area (Å²) in [5.74, 6) is 0.803. The lowest BCUT2D eigenvalue weighted by Gasteiger charge is -2.29. The van der Waals surface area contributed by atoms with E-state index in [2.05, 4.69) is 24.1 Å². The Morgan fingerprint density at radius 1 is 1.42 bits per heavy atom. The number of nitrogens with zero attached hydrogens (tertiary/aromatic N) is 2. The Hall–Kier alpha value is -1.63. The van der Waals surface area contributed by atoms with Crippen LogP contribution in [0.25, 0.3) is 0 Å². The van der Waals surface area contributed by atoms with Crippen molar-refractivity contribution in [2.75, 3.05) is 29.5 Å². The maximum Gasteiger partial charge on any atom is 0.252 e. The quantitative estimate of drug-likeness (QED) is 0.809. The first kappa shape index (κ1) is 18.7. The van der Waals surface area contributed by atoms with Crippen LogP contribution in [0, 0.1) is 5.92 Å². The van der Waals surface area contributed by atoms with Gasteiger partial charge < -0.3 is 10.2 Å². The maximum atomic E-state index is 12.2. The summed E-state index contributed by atoms with van der Waals surface area (Å²) in [6, 6.07) is 1.76. The number of aromatic nitrogens is 1. The molecule has 6 nitrogen and oxygen atoms in total. The molecular formula is C17H27N3O3S. The van der Waals surface area contributed by atoms with Crippen LogP contribution in [-0.2, 0) is 9.84 Å². The van der Waals surface area contributed by atoms with Gasteiger partial charge in [0.15, 0.2) is 9.84 Å². The lowest BCUT2D eigenvalue weighted by Crippen LogP contribution is -2.36. The molecule has 0 aromatic carbocycles. The Bertz CT molecular complexity index is 673. The van der Waals surface area contributed by atoms with Gasteiger partial charge in [-0.1, -0.05) is 13.8 Å². The van der Waals surface area contributed by atoms with Crippen molar-refractivity contribution in [3.8, 4) is 0 Å². The van der Waals surface area contributed by atoms with E-state index in [1.54, 1.807) is 18.5 Å². The first-order valence-electron chi connectivity index (χ1n) is 8.52. The normalized spacial score (nSPS) is 19.4. The van der Waals surface area contributed by atoms with Gasteiger partial charge in [0, 0.05) is 25.3 Å². The minimum absolute atomic E-state index is 0.0407. The Morgan fingerprint density at radius 2 is 2.17 bits per heavy atom. The van der Waals surface area contributed by atoms with Crippen LogP contribution in [0.5, 0.6) is 0 Å². The molecule has 1 fully saturated rings. The van der Waals surface area contributed by atoms with Crippen molar-refractivity contribution >= 4 is 21.4 Å². The predicted molar refractivity (Wildman–Crippen MR) is 96.1 cm³/mol. The Morgan fingerprint density at radius 3 is 2.75 bits per heavy atom. The number of hydrogen-bond acceptors (Lipinski definition) is 5. The number of pyridine rings is 1. The van der Waals surface area contributed by atoms with Crippen molar-refractivity contribution in [2.24, 2.45) is 5.92 Å². The smallest absolute Gasteiger partial charge is 0.252 e. The standard InChI is InChI=1S/C17H27N3O3S/c1-4-20(15-6-8-24(22,23)12-15)16-9-14(10-18-11-16)17(21)19-7-5-13(2)3/h9-11,13,15H,4-8,12H2,1-3H3,(H,19,21). The lowest BCUT2D eigenvalue weighted by atomic mass is 10.1. The summed E-state index contributed by atoms with van der Waals surface area (Å²) in [5, 5.41) is 2.90. The van der Waals surface area contributed by atoms with Gasteiger partial charge in [-0.25, -0.2) is 8.42 Å². The average molecular weight is 353 g/mol. The molecule has 1 unspecified atom stereocenters. The molecular weight excluding hydrogens is 326 g/mol. The van der Waals surface area contributed by atoms with E-state index < -0.39 is 9.84 Å². The fourth-order valence-electron chi connectivity index (χ4n) is 2.96. The van der Waals surface area contributed by atoms with E-state index in [4.69, 9.17) is 0 Å². The number of carbonyl (C=O) groups excluding carboxylic acids is 1. The molecule has 1 saturated heterocycles. The van der Waals surface area contributed by atoms with Crippen LogP contribution < -0.4 is 10.2 Å². The predicted octanol–water partition coefficient (Wildman–Crippen LogP) is 1.87. The van der Waals surface area contributed by atoms with Crippen molar-refractivity contribution in [3.05, 3.63) is 24.0 Å². The van der Waals surface area contributed by atoms with Gasteiger partial charge in [-0.2, -0.15) is 0 Å². The molecule has 24 heavy (non-hydrogen) atoms. The van der Waals surface area contributed by atoms with E-state index in [1.165, 1.54) is 0 Å². The van der Waals surface area contributed by atoms with Gasteiger partial charge in [0.2, 0.25) is 0 Å². The molecule has 0 radical (unpaired) electrons. The van der Waals surface area contributed by atoms with Crippen LogP contribution in [0.15, 0.2) is 18.5 Å². The zero-order valence-corrected chi connectivity index (χ0v) is 15.5. The third-order valence-corrected chi connectivity index (χ3v) is 6.07. The molecule has 1 aromatic rings. The van der Waals surface area contributed by atoms with Gasteiger partial charge in [0.1, 0.15) is 0 Å². The van der Waals surface area contributed by atoms with E-state index in [0.717, 1.165) is 12.1 Å². The molecule has 1 amide bonds. The monoisotopic (exact) mass is 353 g/mol. The molecule has 1 aliphatic heterocycles.